The van der Waals surface area contributed by atoms with Gasteiger partial charge in [0, 0.05) is 20.0 Å². The molecule has 1 aliphatic carbocycles. The number of hydrogen-bond acceptors (Lipinski definition) is 2. The Morgan fingerprint density at radius 1 is 1.31 bits per heavy atom. The maximum absolute atomic E-state index is 9.30. The van der Waals surface area contributed by atoms with Crippen LogP contribution in [0.25, 0.3) is 0 Å². The third kappa shape index (κ3) is 1.36. The molecular weight excluding hydrogens is 164 g/mol. The Balaban J connectivity index is 2.24. The zero-order valence-electron chi connectivity index (χ0n) is 7.73. The van der Waals surface area contributed by atoms with Crippen LogP contribution in [-0.2, 0) is 10.3 Å². The van der Waals surface area contributed by atoms with E-state index < -0.39 is 0 Å². The van der Waals surface area contributed by atoms with Crippen LogP contribution in [0.4, 0.5) is 0 Å². The highest BCUT2D eigenvalue weighted by Crippen LogP contribution is 2.44. The summed E-state index contributed by atoms with van der Waals surface area (Å²) in [5.41, 5.74) is 0.948. The van der Waals surface area contributed by atoms with E-state index in [4.69, 9.17) is 4.74 Å². The van der Waals surface area contributed by atoms with Gasteiger partial charge in [-0.2, -0.15) is 0 Å². The summed E-state index contributed by atoms with van der Waals surface area (Å²) in [6.07, 6.45) is 1.24. The molecule has 0 radical (unpaired) electrons. The van der Waals surface area contributed by atoms with Crippen molar-refractivity contribution in [3.63, 3.8) is 0 Å². The SMILES string of the molecule is COC1(c2ccccc2)CC(O)C1. The molecule has 1 fully saturated rings. The Morgan fingerprint density at radius 2 is 1.92 bits per heavy atom. The molecule has 1 aromatic rings. The van der Waals surface area contributed by atoms with E-state index in [1.807, 2.05) is 18.2 Å². The van der Waals surface area contributed by atoms with Gasteiger partial charge in [0.15, 0.2) is 0 Å². The number of ether oxygens (including phenoxy) is 1. The first-order valence-corrected chi connectivity index (χ1v) is 4.55. The quantitative estimate of drug-likeness (QED) is 0.746. The fraction of sp³-hybridized carbons (Fsp3) is 0.455. The van der Waals surface area contributed by atoms with Crippen molar-refractivity contribution < 1.29 is 9.84 Å². The third-order valence-corrected chi connectivity index (χ3v) is 2.82. The monoisotopic (exact) mass is 178 g/mol. The summed E-state index contributed by atoms with van der Waals surface area (Å²) < 4.78 is 5.47. The van der Waals surface area contributed by atoms with Gasteiger partial charge in [0.25, 0.3) is 0 Å². The smallest absolute Gasteiger partial charge is 0.0976 e. The van der Waals surface area contributed by atoms with Gasteiger partial charge in [-0.05, 0) is 5.56 Å². The normalized spacial score (nSPS) is 32.6. The maximum atomic E-state index is 9.30. The van der Waals surface area contributed by atoms with Crippen LogP contribution in [0.5, 0.6) is 0 Å². The van der Waals surface area contributed by atoms with Crippen LogP contribution < -0.4 is 0 Å². The molecule has 2 heteroatoms. The lowest BCUT2D eigenvalue weighted by Gasteiger charge is -2.44. The standard InChI is InChI=1S/C11H14O2/c1-13-11(7-10(12)8-11)9-5-3-2-4-6-9/h2-6,10,12H,7-8H2,1H3. The molecule has 0 spiro atoms. The van der Waals surface area contributed by atoms with Gasteiger partial charge in [-0.15, -0.1) is 0 Å². The first-order valence-electron chi connectivity index (χ1n) is 4.55. The molecule has 0 unspecified atom stereocenters. The second kappa shape index (κ2) is 3.13. The molecule has 0 aliphatic heterocycles. The summed E-state index contributed by atoms with van der Waals surface area (Å²) in [5, 5.41) is 9.30. The third-order valence-electron chi connectivity index (χ3n) is 2.82. The van der Waals surface area contributed by atoms with Crippen LogP contribution in [0.2, 0.25) is 0 Å². The molecular formula is C11H14O2. The molecule has 1 saturated carbocycles. The summed E-state index contributed by atoms with van der Waals surface area (Å²) in [4.78, 5) is 0. The van der Waals surface area contributed by atoms with E-state index in [2.05, 4.69) is 12.1 Å². The summed E-state index contributed by atoms with van der Waals surface area (Å²) in [7, 11) is 1.71. The number of aliphatic hydroxyl groups is 1. The average molecular weight is 178 g/mol. The van der Waals surface area contributed by atoms with E-state index in [1.54, 1.807) is 7.11 Å². The fourth-order valence-corrected chi connectivity index (χ4v) is 1.96. The predicted octanol–water partition coefficient (Wildman–Crippen LogP) is 1.68. The Morgan fingerprint density at radius 3 is 2.38 bits per heavy atom. The number of rotatable bonds is 2. The van der Waals surface area contributed by atoms with Gasteiger partial charge in [0.2, 0.25) is 0 Å². The van der Waals surface area contributed by atoms with Crippen LogP contribution >= 0.6 is 0 Å². The van der Waals surface area contributed by atoms with Crippen LogP contribution in [0, 0.1) is 0 Å². The van der Waals surface area contributed by atoms with Crippen molar-refractivity contribution in [1.29, 1.82) is 0 Å². The van der Waals surface area contributed by atoms with E-state index in [0.717, 1.165) is 0 Å². The first-order chi connectivity index (χ1) is 6.27. The van der Waals surface area contributed by atoms with E-state index in [-0.39, 0.29) is 11.7 Å². The largest absolute Gasteiger partial charge is 0.393 e. The fourth-order valence-electron chi connectivity index (χ4n) is 1.96. The summed E-state index contributed by atoms with van der Waals surface area (Å²) in [5.74, 6) is 0. The highest BCUT2D eigenvalue weighted by atomic mass is 16.5. The second-order valence-electron chi connectivity index (χ2n) is 3.63. The highest BCUT2D eigenvalue weighted by molar-refractivity contribution is 5.26. The molecule has 1 aromatic carbocycles. The topological polar surface area (TPSA) is 29.5 Å². The molecule has 0 amide bonds. The molecule has 0 heterocycles. The summed E-state index contributed by atoms with van der Waals surface area (Å²) >= 11 is 0. The predicted molar refractivity (Wildman–Crippen MR) is 50.4 cm³/mol. The van der Waals surface area contributed by atoms with E-state index in [0.29, 0.717) is 12.8 Å². The van der Waals surface area contributed by atoms with E-state index in [1.165, 1.54) is 5.56 Å². The van der Waals surface area contributed by atoms with E-state index in [9.17, 15) is 5.11 Å². The Labute approximate surface area is 78.2 Å². The number of hydrogen-bond donors (Lipinski definition) is 1. The summed E-state index contributed by atoms with van der Waals surface area (Å²) in [6.45, 7) is 0. The molecule has 70 valence electrons. The highest BCUT2D eigenvalue weighted by Gasteiger charge is 2.45. The van der Waals surface area contributed by atoms with Crippen molar-refractivity contribution in [2.24, 2.45) is 0 Å². The number of methoxy groups -OCH3 is 1. The molecule has 2 rings (SSSR count). The molecule has 1 N–H and O–H groups in total. The Hall–Kier alpha value is -0.860. The molecule has 2 nitrogen and oxygen atoms in total. The minimum atomic E-state index is -0.222. The maximum Gasteiger partial charge on any atom is 0.0976 e. The average Bonchev–Trinajstić information content (AvgIpc) is 2.14. The Bertz CT molecular complexity index is 275. The minimum absolute atomic E-state index is 0.194. The van der Waals surface area contributed by atoms with Gasteiger partial charge < -0.3 is 9.84 Å². The summed E-state index contributed by atoms with van der Waals surface area (Å²) in [6, 6.07) is 10.1. The number of aliphatic hydroxyl groups excluding tert-OH is 1. The van der Waals surface area contributed by atoms with E-state index >= 15 is 0 Å². The second-order valence-corrected chi connectivity index (χ2v) is 3.63. The molecule has 0 atom stereocenters. The lowest BCUT2D eigenvalue weighted by molar-refractivity contribution is -0.143. The van der Waals surface area contributed by atoms with Crippen molar-refractivity contribution in [2.75, 3.05) is 7.11 Å². The lowest BCUT2D eigenvalue weighted by Crippen LogP contribution is -2.45. The van der Waals surface area contributed by atoms with Crippen molar-refractivity contribution in [1.82, 2.24) is 0 Å². The van der Waals surface area contributed by atoms with Crippen molar-refractivity contribution in [2.45, 2.75) is 24.5 Å². The van der Waals surface area contributed by atoms with Gasteiger partial charge in [0.1, 0.15) is 0 Å². The molecule has 1 aliphatic rings. The van der Waals surface area contributed by atoms with Crippen molar-refractivity contribution in [3.8, 4) is 0 Å². The Kier molecular flexibility index (Phi) is 2.10. The van der Waals surface area contributed by atoms with Crippen LogP contribution in [0.1, 0.15) is 18.4 Å². The van der Waals surface area contributed by atoms with Gasteiger partial charge >= 0.3 is 0 Å². The molecule has 0 saturated heterocycles. The van der Waals surface area contributed by atoms with Crippen molar-refractivity contribution in [3.05, 3.63) is 35.9 Å². The zero-order chi connectivity index (χ0) is 9.31. The van der Waals surface area contributed by atoms with Crippen LogP contribution in [0.15, 0.2) is 30.3 Å². The van der Waals surface area contributed by atoms with Crippen molar-refractivity contribution >= 4 is 0 Å². The molecule has 13 heavy (non-hydrogen) atoms. The molecule has 0 aromatic heterocycles. The van der Waals surface area contributed by atoms with Gasteiger partial charge in [-0.1, -0.05) is 30.3 Å². The van der Waals surface area contributed by atoms with Crippen LogP contribution in [0.3, 0.4) is 0 Å². The van der Waals surface area contributed by atoms with Gasteiger partial charge in [-0.3, -0.25) is 0 Å². The van der Waals surface area contributed by atoms with Gasteiger partial charge in [0.05, 0.1) is 11.7 Å². The zero-order valence-corrected chi connectivity index (χ0v) is 7.73. The number of benzene rings is 1. The lowest BCUT2D eigenvalue weighted by atomic mass is 9.73. The first kappa shape index (κ1) is 8.73. The van der Waals surface area contributed by atoms with Gasteiger partial charge in [-0.25, -0.2) is 0 Å². The minimum Gasteiger partial charge on any atom is -0.393 e. The molecule has 0 bridgehead atoms. The van der Waals surface area contributed by atoms with Crippen LogP contribution in [-0.4, -0.2) is 18.3 Å².